The second kappa shape index (κ2) is 7.56. The van der Waals surface area contributed by atoms with Crippen LogP contribution < -0.4 is 10.9 Å². The van der Waals surface area contributed by atoms with E-state index in [2.05, 4.69) is 23.3 Å². The second-order valence-corrected chi connectivity index (χ2v) is 8.33. The highest BCUT2D eigenvalue weighted by atomic mass is 32.1. The molecule has 2 heterocycles. The maximum Gasteiger partial charge on any atom is 0.261 e. The minimum absolute atomic E-state index is 0.143. The molecule has 1 atom stereocenters. The number of nitrogens with one attached hydrogen (secondary N) is 1. The van der Waals surface area contributed by atoms with Crippen LogP contribution in [0, 0.1) is 17.2 Å². The first-order valence-corrected chi connectivity index (χ1v) is 10.2. The van der Waals surface area contributed by atoms with E-state index in [1.165, 1.54) is 27.1 Å². The van der Waals surface area contributed by atoms with E-state index in [0.29, 0.717) is 27.4 Å². The second-order valence-electron chi connectivity index (χ2n) is 7.23. The lowest BCUT2D eigenvalue weighted by atomic mass is 9.89. The summed E-state index contributed by atoms with van der Waals surface area (Å²) in [7, 11) is 0. The number of hydrogen-bond donors (Lipinski definition) is 1. The minimum atomic E-state index is -0.205. The van der Waals surface area contributed by atoms with Gasteiger partial charge >= 0.3 is 0 Å². The number of rotatable bonds is 4. The van der Waals surface area contributed by atoms with Gasteiger partial charge in [-0.3, -0.25) is 14.2 Å². The molecule has 3 aromatic rings. The molecule has 2 aromatic heterocycles. The summed E-state index contributed by atoms with van der Waals surface area (Å²) in [5.41, 5.74) is 2.18. The van der Waals surface area contributed by atoms with Crippen molar-refractivity contribution in [1.29, 1.82) is 5.26 Å². The Morgan fingerprint density at radius 2 is 2.25 bits per heavy atom. The van der Waals surface area contributed by atoms with Gasteiger partial charge in [-0.15, -0.1) is 11.3 Å². The molecule has 0 radical (unpaired) electrons. The number of anilines is 1. The molecular weight excluding hydrogens is 372 g/mol. The Hall–Kier alpha value is -2.98. The number of carbonyl (C=O) groups is 1. The first kappa shape index (κ1) is 18.4. The molecule has 0 fully saturated rings. The summed E-state index contributed by atoms with van der Waals surface area (Å²) in [6, 6.07) is 9.41. The third-order valence-corrected chi connectivity index (χ3v) is 6.36. The topological polar surface area (TPSA) is 87.8 Å². The van der Waals surface area contributed by atoms with Gasteiger partial charge in [-0.25, -0.2) is 4.98 Å². The highest BCUT2D eigenvalue weighted by molar-refractivity contribution is 7.16. The number of para-hydroxylation sites is 1. The van der Waals surface area contributed by atoms with Crippen LogP contribution in [-0.2, 0) is 24.2 Å². The molecule has 28 heavy (non-hydrogen) atoms. The zero-order valence-corrected chi connectivity index (χ0v) is 16.4. The van der Waals surface area contributed by atoms with E-state index in [0.717, 1.165) is 24.8 Å². The van der Waals surface area contributed by atoms with Crippen molar-refractivity contribution < 1.29 is 4.79 Å². The Morgan fingerprint density at radius 1 is 1.43 bits per heavy atom. The smallest absolute Gasteiger partial charge is 0.261 e. The highest BCUT2D eigenvalue weighted by Crippen LogP contribution is 2.39. The average Bonchev–Trinajstić information content (AvgIpc) is 3.03. The lowest BCUT2D eigenvalue weighted by molar-refractivity contribution is -0.116. The Balaban J connectivity index is 1.48. The number of amides is 1. The summed E-state index contributed by atoms with van der Waals surface area (Å²) >= 11 is 1.51. The molecule has 0 spiro atoms. The van der Waals surface area contributed by atoms with Gasteiger partial charge in [-0.05, 0) is 42.9 Å². The first-order chi connectivity index (χ1) is 13.6. The van der Waals surface area contributed by atoms with Crippen LogP contribution >= 0.6 is 11.3 Å². The van der Waals surface area contributed by atoms with Crippen molar-refractivity contribution in [2.24, 2.45) is 5.92 Å². The van der Waals surface area contributed by atoms with E-state index in [-0.39, 0.29) is 24.4 Å². The fourth-order valence-electron chi connectivity index (χ4n) is 3.63. The molecule has 7 heteroatoms. The fraction of sp³-hybridized carbons (Fsp3) is 0.333. The third-order valence-electron chi connectivity index (χ3n) is 5.19. The Labute approximate surface area is 166 Å². The van der Waals surface area contributed by atoms with Crippen LogP contribution in [0.3, 0.4) is 0 Å². The molecule has 1 N–H and O–H groups in total. The average molecular weight is 392 g/mol. The van der Waals surface area contributed by atoms with E-state index < -0.39 is 0 Å². The minimum Gasteiger partial charge on any atom is -0.317 e. The first-order valence-electron chi connectivity index (χ1n) is 9.35. The molecule has 1 aliphatic carbocycles. The number of nitrogens with zero attached hydrogens (tertiary/aromatic N) is 3. The molecule has 0 saturated carbocycles. The lowest BCUT2D eigenvalue weighted by Gasteiger charge is -2.17. The number of fused-ring (bicyclic) bond motifs is 2. The van der Waals surface area contributed by atoms with E-state index in [1.54, 1.807) is 18.2 Å². The van der Waals surface area contributed by atoms with Gasteiger partial charge in [0.05, 0.1) is 22.8 Å². The van der Waals surface area contributed by atoms with Crippen molar-refractivity contribution in [1.82, 2.24) is 9.55 Å². The van der Waals surface area contributed by atoms with Gasteiger partial charge in [0.1, 0.15) is 11.1 Å². The van der Waals surface area contributed by atoms with E-state index >= 15 is 0 Å². The van der Waals surface area contributed by atoms with Crippen LogP contribution in [0.5, 0.6) is 0 Å². The summed E-state index contributed by atoms with van der Waals surface area (Å²) in [5, 5.41) is 13.6. The van der Waals surface area contributed by atoms with Crippen LogP contribution in [0.4, 0.5) is 5.00 Å². The van der Waals surface area contributed by atoms with Gasteiger partial charge in [0, 0.05) is 17.8 Å². The lowest BCUT2D eigenvalue weighted by Crippen LogP contribution is -2.23. The molecule has 0 aliphatic heterocycles. The highest BCUT2D eigenvalue weighted by Gasteiger charge is 2.24. The van der Waals surface area contributed by atoms with Crippen LogP contribution in [0.1, 0.15) is 35.8 Å². The normalized spacial score (nSPS) is 15.8. The molecule has 6 nitrogen and oxygen atoms in total. The maximum absolute atomic E-state index is 12.5. The summed E-state index contributed by atoms with van der Waals surface area (Å²) in [6.45, 7) is 2.45. The molecule has 1 unspecified atom stereocenters. The van der Waals surface area contributed by atoms with Crippen molar-refractivity contribution in [2.75, 3.05) is 5.32 Å². The number of carbonyl (C=O) groups excluding carboxylic acids is 1. The maximum atomic E-state index is 12.5. The van der Waals surface area contributed by atoms with Gasteiger partial charge < -0.3 is 5.32 Å². The molecule has 1 aromatic carbocycles. The fourth-order valence-corrected chi connectivity index (χ4v) is 5.01. The van der Waals surface area contributed by atoms with Gasteiger partial charge in [0.15, 0.2) is 0 Å². The van der Waals surface area contributed by atoms with Gasteiger partial charge in [0.25, 0.3) is 5.56 Å². The Morgan fingerprint density at radius 3 is 3.07 bits per heavy atom. The van der Waals surface area contributed by atoms with Crippen molar-refractivity contribution in [3.05, 3.63) is 57.0 Å². The van der Waals surface area contributed by atoms with Crippen LogP contribution in [0.25, 0.3) is 10.9 Å². The van der Waals surface area contributed by atoms with E-state index in [9.17, 15) is 14.9 Å². The zero-order chi connectivity index (χ0) is 19.7. The number of aryl methyl sites for hydroxylation is 1. The number of nitriles is 1. The predicted octanol–water partition coefficient (Wildman–Crippen LogP) is 3.48. The summed E-state index contributed by atoms with van der Waals surface area (Å²) in [5.74, 6) is 0.400. The van der Waals surface area contributed by atoms with Crippen LogP contribution in [-0.4, -0.2) is 15.5 Å². The van der Waals surface area contributed by atoms with E-state index in [4.69, 9.17) is 0 Å². The zero-order valence-electron chi connectivity index (χ0n) is 15.6. The number of benzene rings is 1. The van der Waals surface area contributed by atoms with Crippen LogP contribution in [0.2, 0.25) is 0 Å². The van der Waals surface area contributed by atoms with Crippen molar-refractivity contribution in [3.63, 3.8) is 0 Å². The monoisotopic (exact) mass is 392 g/mol. The largest absolute Gasteiger partial charge is 0.317 e. The van der Waals surface area contributed by atoms with Crippen molar-refractivity contribution in [2.45, 2.75) is 39.2 Å². The molecule has 1 amide bonds. The summed E-state index contributed by atoms with van der Waals surface area (Å²) < 4.78 is 1.45. The molecular formula is C21H20N4O2S. The summed E-state index contributed by atoms with van der Waals surface area (Å²) in [6.07, 6.45) is 4.55. The predicted molar refractivity (Wildman–Crippen MR) is 109 cm³/mol. The molecule has 142 valence electrons. The molecule has 1 aliphatic rings. The third kappa shape index (κ3) is 3.43. The van der Waals surface area contributed by atoms with E-state index in [1.807, 2.05) is 6.07 Å². The molecule has 0 bridgehead atoms. The summed E-state index contributed by atoms with van der Waals surface area (Å²) in [4.78, 5) is 30.5. The van der Waals surface area contributed by atoms with Crippen molar-refractivity contribution in [3.8, 4) is 6.07 Å². The molecule has 4 rings (SSSR count). The van der Waals surface area contributed by atoms with Crippen LogP contribution in [0.15, 0.2) is 35.4 Å². The quantitative estimate of drug-likeness (QED) is 0.736. The molecule has 0 saturated heterocycles. The number of hydrogen-bond acceptors (Lipinski definition) is 5. The van der Waals surface area contributed by atoms with Gasteiger partial charge in [-0.2, -0.15) is 5.26 Å². The number of aromatic nitrogens is 2. The number of thiophene rings is 1. The van der Waals surface area contributed by atoms with Gasteiger partial charge in [0.2, 0.25) is 5.91 Å². The Bertz CT molecular complexity index is 1160. The van der Waals surface area contributed by atoms with Crippen molar-refractivity contribution >= 4 is 33.1 Å². The Kier molecular flexibility index (Phi) is 4.97. The van der Waals surface area contributed by atoms with Gasteiger partial charge in [-0.1, -0.05) is 19.1 Å². The SMILES string of the molecule is CC1CCc2c(sc(NC(=O)CCn3cnc4ccccc4c3=O)c2C#N)C1. The standard InChI is InChI=1S/C21H20N4O2S/c1-13-6-7-14-16(11-22)20(28-18(14)10-13)24-19(26)8-9-25-12-23-17-5-3-2-4-15(17)21(25)27/h2-5,12-13H,6-10H2,1H3,(H,24,26).